The Morgan fingerprint density at radius 3 is 2.35 bits per heavy atom. The summed E-state index contributed by atoms with van der Waals surface area (Å²) < 4.78 is 38.5. The molecule has 2 aromatic carbocycles. The molecular weight excluding hydrogens is 525 g/mol. The molecule has 2 N–H and O–H groups in total. The average Bonchev–Trinajstić information content (AvgIpc) is 3.21. The van der Waals surface area contributed by atoms with Gasteiger partial charge in [-0.15, -0.1) is 0 Å². The van der Waals surface area contributed by atoms with Gasteiger partial charge in [-0.1, -0.05) is 42.5 Å². The van der Waals surface area contributed by atoms with Gasteiger partial charge in [-0.05, 0) is 56.9 Å². The van der Waals surface area contributed by atoms with Crippen molar-refractivity contribution < 1.29 is 83.5 Å². The molecule has 2 aromatic rings. The van der Waals surface area contributed by atoms with E-state index in [0.717, 1.165) is 5.56 Å². The van der Waals surface area contributed by atoms with Crippen LogP contribution in [0.4, 0.5) is 10.5 Å². The van der Waals surface area contributed by atoms with E-state index in [2.05, 4.69) is 10.6 Å². The van der Waals surface area contributed by atoms with Gasteiger partial charge >= 0.3 is 63.4 Å². The summed E-state index contributed by atoms with van der Waals surface area (Å²) >= 11 is 0. The van der Waals surface area contributed by atoms with Crippen molar-refractivity contribution in [3.05, 3.63) is 65.7 Å². The number of urea groups is 1. The Labute approximate surface area is 259 Å². The van der Waals surface area contributed by atoms with E-state index in [1.807, 2.05) is 30.3 Å². The zero-order valence-electron chi connectivity index (χ0n) is 21.4. The smallest absolute Gasteiger partial charge is 0.748 e. The normalized spacial score (nSPS) is 17.5. The Hall–Kier alpha value is -1.80. The Morgan fingerprint density at radius 2 is 1.73 bits per heavy atom. The first-order chi connectivity index (χ1) is 16.8. The van der Waals surface area contributed by atoms with Crippen LogP contribution in [0.1, 0.15) is 50.8 Å². The maximum absolute atomic E-state index is 13.3. The Morgan fingerprint density at radius 1 is 1.05 bits per heavy atom. The number of carbonyl (C=O) groups is 3. The van der Waals surface area contributed by atoms with Crippen molar-refractivity contribution in [3.63, 3.8) is 0 Å². The third-order valence-electron chi connectivity index (χ3n) is 5.46. The summed E-state index contributed by atoms with van der Waals surface area (Å²) in [7, 11) is -4.47. The van der Waals surface area contributed by atoms with Crippen molar-refractivity contribution in [3.8, 4) is 0 Å². The number of nitrogens with one attached hydrogen (secondary N) is 2. The molecule has 0 aromatic heterocycles. The van der Waals surface area contributed by atoms with Gasteiger partial charge in [0, 0.05) is 5.69 Å². The van der Waals surface area contributed by atoms with Gasteiger partial charge in [-0.3, -0.25) is 4.79 Å². The van der Waals surface area contributed by atoms with Crippen molar-refractivity contribution in [2.75, 3.05) is 11.9 Å². The molecule has 3 amide bonds. The monoisotopic (exact) mass is 555 g/mol. The molecule has 2 unspecified atom stereocenters. The summed E-state index contributed by atoms with van der Waals surface area (Å²) in [6.07, 6.45) is 1.00. The number of hydrogen-bond acceptors (Lipinski definition) is 7. The number of nitrogens with zero attached hydrogens (tertiary/aromatic N) is 1. The fourth-order valence-corrected chi connectivity index (χ4v) is 4.72. The summed E-state index contributed by atoms with van der Waals surface area (Å²) in [5, 5.41) is 4.99. The zero-order chi connectivity index (χ0) is 26.5. The van der Waals surface area contributed by atoms with Crippen LogP contribution in [0.25, 0.3) is 0 Å². The van der Waals surface area contributed by atoms with Crippen LogP contribution in [0.2, 0.25) is 0 Å². The van der Waals surface area contributed by atoms with Crippen LogP contribution in [-0.2, 0) is 30.2 Å². The second kappa shape index (κ2) is 13.3. The standard InChI is InChI=1S/C25H31N3O7S.K/c1-25(2,3)35-23(30)21-13-12-20(18-9-5-4-6-10-18)28(21)22(29)15-26-24(31)27-19-11-7-8-17(14-19)16-36(32,33)34;/h4-11,14,20-21H,12-13,15-16H2,1-3H3,(H2,26,27,31)(H,32,33,34);/q;+1/p-1. The molecule has 10 nitrogen and oxygen atoms in total. The van der Waals surface area contributed by atoms with Crippen LogP contribution in [0.3, 0.4) is 0 Å². The summed E-state index contributed by atoms with van der Waals surface area (Å²) in [6, 6.07) is 13.4. The van der Waals surface area contributed by atoms with Gasteiger partial charge in [0.1, 0.15) is 11.6 Å². The molecule has 2 atom stereocenters. The summed E-state index contributed by atoms with van der Waals surface area (Å²) in [4.78, 5) is 40.0. The van der Waals surface area contributed by atoms with Gasteiger partial charge in [0.15, 0.2) is 0 Å². The molecule has 1 aliphatic heterocycles. The van der Waals surface area contributed by atoms with Gasteiger partial charge in [0.2, 0.25) is 5.91 Å². The van der Waals surface area contributed by atoms with Crippen molar-refractivity contribution in [2.24, 2.45) is 0 Å². The van der Waals surface area contributed by atoms with E-state index in [1.165, 1.54) is 29.2 Å². The van der Waals surface area contributed by atoms with Crippen LogP contribution in [0, 0.1) is 0 Å². The Bertz CT molecular complexity index is 1220. The first kappa shape index (κ1) is 31.4. The average molecular weight is 556 g/mol. The predicted molar refractivity (Wildman–Crippen MR) is 132 cm³/mol. The van der Waals surface area contributed by atoms with E-state index >= 15 is 0 Å². The van der Waals surface area contributed by atoms with Crippen LogP contribution < -0.4 is 62.0 Å². The number of benzene rings is 2. The van der Waals surface area contributed by atoms with E-state index in [0.29, 0.717) is 12.8 Å². The van der Waals surface area contributed by atoms with Gasteiger partial charge in [0.05, 0.1) is 28.5 Å². The minimum Gasteiger partial charge on any atom is -0.748 e. The first-order valence-electron chi connectivity index (χ1n) is 11.5. The molecule has 194 valence electrons. The van der Waals surface area contributed by atoms with E-state index in [4.69, 9.17) is 4.74 Å². The number of amides is 3. The number of rotatable bonds is 7. The quantitative estimate of drug-likeness (QED) is 0.276. The number of ether oxygens (including phenoxy) is 1. The Kier molecular flexibility index (Phi) is 11.3. The maximum atomic E-state index is 13.3. The Balaban J connectivity index is 0.00000481. The molecular formula is C25H30KN3O7S. The molecule has 0 saturated carbocycles. The van der Waals surface area contributed by atoms with Crippen molar-refractivity contribution in [2.45, 2.75) is 57.1 Å². The molecule has 1 heterocycles. The topological polar surface area (TPSA) is 145 Å². The van der Waals surface area contributed by atoms with Crippen molar-refractivity contribution >= 4 is 33.7 Å². The molecule has 0 aliphatic carbocycles. The number of esters is 1. The first-order valence-corrected chi connectivity index (χ1v) is 13.1. The second-order valence-electron chi connectivity index (χ2n) is 9.56. The molecule has 1 aliphatic rings. The van der Waals surface area contributed by atoms with Crippen LogP contribution in [-0.4, -0.2) is 54.0 Å². The molecule has 1 saturated heterocycles. The summed E-state index contributed by atoms with van der Waals surface area (Å²) in [6.45, 7) is 4.90. The van der Waals surface area contributed by atoms with E-state index in [1.54, 1.807) is 20.8 Å². The molecule has 3 rings (SSSR count). The predicted octanol–water partition coefficient (Wildman–Crippen LogP) is -0.0687. The third-order valence-corrected chi connectivity index (χ3v) is 6.15. The largest absolute Gasteiger partial charge is 1.00 e. The number of anilines is 1. The number of likely N-dealkylation sites (tertiary alicyclic amines) is 1. The SMILES string of the molecule is CC(C)(C)OC(=O)C1CCC(c2ccccc2)N1C(=O)CNC(=O)Nc1cccc(CS(=O)(=O)[O-])c1.[K+]. The fourth-order valence-electron chi connectivity index (χ4n) is 4.13. The van der Waals surface area contributed by atoms with Gasteiger partial charge in [-0.2, -0.15) is 0 Å². The number of carbonyl (C=O) groups excluding carboxylic acids is 3. The molecule has 0 bridgehead atoms. The summed E-state index contributed by atoms with van der Waals surface area (Å²) in [5.74, 6) is -1.65. The van der Waals surface area contributed by atoms with E-state index < -0.39 is 45.4 Å². The zero-order valence-corrected chi connectivity index (χ0v) is 25.3. The van der Waals surface area contributed by atoms with Crippen molar-refractivity contribution in [1.29, 1.82) is 0 Å². The van der Waals surface area contributed by atoms with E-state index in [9.17, 15) is 27.4 Å². The van der Waals surface area contributed by atoms with Gasteiger partial charge < -0.3 is 24.8 Å². The minimum absolute atomic E-state index is 0. The second-order valence-corrected chi connectivity index (χ2v) is 11.0. The van der Waals surface area contributed by atoms with Gasteiger partial charge in [0.25, 0.3) is 0 Å². The maximum Gasteiger partial charge on any atom is 1.00 e. The number of hydrogen-bond donors (Lipinski definition) is 2. The summed E-state index contributed by atoms with van der Waals surface area (Å²) in [5.41, 5.74) is 0.652. The molecule has 1 fully saturated rings. The fraction of sp³-hybridized carbons (Fsp3) is 0.400. The minimum atomic E-state index is -4.47. The van der Waals surface area contributed by atoms with Gasteiger partial charge in [-0.25, -0.2) is 18.0 Å². The van der Waals surface area contributed by atoms with Crippen LogP contribution in [0.15, 0.2) is 54.6 Å². The van der Waals surface area contributed by atoms with Crippen LogP contribution in [0.5, 0.6) is 0 Å². The van der Waals surface area contributed by atoms with Crippen molar-refractivity contribution in [1.82, 2.24) is 10.2 Å². The molecule has 12 heteroatoms. The molecule has 0 radical (unpaired) electrons. The van der Waals surface area contributed by atoms with E-state index in [-0.39, 0.29) is 75.2 Å². The third kappa shape index (κ3) is 9.78. The molecule has 0 spiro atoms. The van der Waals surface area contributed by atoms with Crippen LogP contribution >= 0.6 is 0 Å². The molecule has 37 heavy (non-hydrogen) atoms.